The quantitative estimate of drug-likeness (QED) is 0.376. The molecule has 5 rings (SSSR count). The molecule has 0 aromatic heterocycles. The highest BCUT2D eigenvalue weighted by molar-refractivity contribution is 5.35. The van der Waals surface area contributed by atoms with E-state index >= 15 is 0 Å². The highest BCUT2D eigenvalue weighted by Crippen LogP contribution is 2.76. The first-order chi connectivity index (χ1) is 16.2. The van der Waals surface area contributed by atoms with Crippen molar-refractivity contribution in [2.45, 2.75) is 111 Å². The Morgan fingerprint density at radius 2 is 1.54 bits per heavy atom. The first-order valence-corrected chi connectivity index (χ1v) is 14.2. The Hall–Kier alpha value is -0.460. The average molecular weight is 491 g/mol. The van der Waals surface area contributed by atoms with Crippen molar-refractivity contribution < 1.29 is 25.5 Å². The van der Waals surface area contributed by atoms with Crippen LogP contribution >= 0.6 is 0 Å². The zero-order valence-electron chi connectivity index (χ0n) is 22.8. The summed E-state index contributed by atoms with van der Waals surface area (Å²) in [6.07, 6.45) is 8.06. The number of rotatable bonds is 2. The molecule has 0 aliphatic heterocycles. The fourth-order valence-electron chi connectivity index (χ4n) is 11.1. The van der Waals surface area contributed by atoms with E-state index in [1.807, 2.05) is 0 Å². The summed E-state index contributed by atoms with van der Waals surface area (Å²) in [6.45, 7) is 13.2. The summed E-state index contributed by atoms with van der Waals surface area (Å²) in [5.41, 5.74) is -0.567. The third-order valence-electron chi connectivity index (χ3n) is 13.6. The maximum absolute atomic E-state index is 11.9. The van der Waals surface area contributed by atoms with E-state index in [1.54, 1.807) is 0 Å². The largest absolute Gasteiger partial charge is 0.396 e. The topological polar surface area (TPSA) is 101 Å². The summed E-state index contributed by atoms with van der Waals surface area (Å²) >= 11 is 0. The standard InChI is InChI=1S/C30H50O5/c1-18-9-11-25(2)13-14-27(4)19(23(25)29(18,6)35)7-8-21-26(3)15-20(33)24(34)30(16-31,17-32)22(26)10-12-28(21,27)5/h7,18,20-24,31-35H,8-17H2,1-6H3/t18-,20-,21-,22+,23-,24+,25-,26-,27-,28-,29-/m1/s1. The lowest BCUT2D eigenvalue weighted by atomic mass is 9.33. The van der Waals surface area contributed by atoms with Crippen LogP contribution in [0.15, 0.2) is 11.6 Å². The Morgan fingerprint density at radius 1 is 0.886 bits per heavy atom. The van der Waals surface area contributed by atoms with E-state index in [1.165, 1.54) is 12.0 Å². The van der Waals surface area contributed by atoms with Gasteiger partial charge in [-0.25, -0.2) is 0 Å². The van der Waals surface area contributed by atoms with Crippen LogP contribution in [0.1, 0.15) is 92.9 Å². The van der Waals surface area contributed by atoms with Crippen LogP contribution in [0.3, 0.4) is 0 Å². The molecule has 0 amide bonds. The molecule has 35 heavy (non-hydrogen) atoms. The number of aliphatic hydroxyl groups is 5. The van der Waals surface area contributed by atoms with Crippen LogP contribution in [-0.4, -0.2) is 56.6 Å². The first kappa shape index (κ1) is 26.2. The second-order valence-electron chi connectivity index (χ2n) is 14.8. The molecular formula is C30H50O5. The molecule has 5 heteroatoms. The Morgan fingerprint density at radius 3 is 2.17 bits per heavy atom. The number of hydrogen-bond donors (Lipinski definition) is 5. The van der Waals surface area contributed by atoms with Gasteiger partial charge in [-0.2, -0.15) is 0 Å². The van der Waals surface area contributed by atoms with E-state index in [9.17, 15) is 25.5 Å². The van der Waals surface area contributed by atoms with Gasteiger partial charge in [-0.15, -0.1) is 0 Å². The average Bonchev–Trinajstić information content (AvgIpc) is 2.79. The van der Waals surface area contributed by atoms with Crippen molar-refractivity contribution in [2.75, 3.05) is 13.2 Å². The van der Waals surface area contributed by atoms with Crippen LogP contribution in [0.5, 0.6) is 0 Å². The minimum atomic E-state index is -1.11. The van der Waals surface area contributed by atoms with Gasteiger partial charge in [0.2, 0.25) is 0 Å². The van der Waals surface area contributed by atoms with E-state index in [0.29, 0.717) is 6.42 Å². The normalized spacial score (nSPS) is 57.3. The third-order valence-corrected chi connectivity index (χ3v) is 13.6. The van der Waals surface area contributed by atoms with Gasteiger partial charge in [-0.3, -0.25) is 0 Å². The van der Waals surface area contributed by atoms with Crippen molar-refractivity contribution in [3.05, 3.63) is 11.6 Å². The summed E-state index contributed by atoms with van der Waals surface area (Å²) in [6, 6.07) is 0. The molecule has 0 aromatic rings. The molecule has 0 bridgehead atoms. The Balaban J connectivity index is 1.62. The van der Waals surface area contributed by atoms with Crippen molar-refractivity contribution in [1.29, 1.82) is 0 Å². The van der Waals surface area contributed by atoms with Gasteiger partial charge in [0.1, 0.15) is 0 Å². The van der Waals surface area contributed by atoms with E-state index in [4.69, 9.17) is 0 Å². The lowest BCUT2D eigenvalue weighted by molar-refractivity contribution is -0.258. The number of aliphatic hydroxyl groups excluding tert-OH is 4. The lowest BCUT2D eigenvalue weighted by Gasteiger charge is -2.72. The SMILES string of the molecule is C[C@@H]1CC[C@]2(C)CC[C@]3(C)C(=CC[C@@H]4[C@@]5(C)C[C@@H](O)[C@H](O)C(CO)(CO)[C@H]5CC[C@]43C)[C@H]2[C@]1(C)O. The van der Waals surface area contributed by atoms with Gasteiger partial charge in [0.05, 0.1) is 31.0 Å². The van der Waals surface area contributed by atoms with Gasteiger partial charge in [0.25, 0.3) is 0 Å². The van der Waals surface area contributed by atoms with Gasteiger partial charge in [-0.1, -0.05) is 46.3 Å². The highest BCUT2D eigenvalue weighted by Gasteiger charge is 2.71. The highest BCUT2D eigenvalue weighted by atomic mass is 16.3. The molecule has 4 fully saturated rings. The van der Waals surface area contributed by atoms with E-state index < -0.39 is 23.2 Å². The molecule has 5 aliphatic carbocycles. The van der Waals surface area contributed by atoms with Crippen LogP contribution in [-0.2, 0) is 0 Å². The molecule has 200 valence electrons. The summed E-state index contributed by atoms with van der Waals surface area (Å²) in [5.74, 6) is 0.657. The number of hydrogen-bond acceptors (Lipinski definition) is 5. The molecule has 11 atom stereocenters. The number of fused-ring (bicyclic) bond motifs is 7. The molecule has 0 spiro atoms. The minimum absolute atomic E-state index is 0.0148. The molecule has 4 saturated carbocycles. The van der Waals surface area contributed by atoms with Crippen molar-refractivity contribution in [1.82, 2.24) is 0 Å². The van der Waals surface area contributed by atoms with Gasteiger partial charge < -0.3 is 25.5 Å². The van der Waals surface area contributed by atoms with Crippen LogP contribution in [0.4, 0.5) is 0 Å². The molecule has 0 heterocycles. The van der Waals surface area contributed by atoms with E-state index in [-0.39, 0.29) is 58.5 Å². The van der Waals surface area contributed by atoms with Gasteiger partial charge in [0.15, 0.2) is 0 Å². The Kier molecular flexibility index (Phi) is 5.82. The third kappa shape index (κ3) is 3.00. The fourth-order valence-corrected chi connectivity index (χ4v) is 11.1. The molecule has 5 nitrogen and oxygen atoms in total. The molecule has 0 radical (unpaired) electrons. The van der Waals surface area contributed by atoms with Crippen LogP contribution < -0.4 is 0 Å². The van der Waals surface area contributed by atoms with Crippen LogP contribution in [0.2, 0.25) is 0 Å². The smallest absolute Gasteiger partial charge is 0.0902 e. The number of allylic oxidation sites excluding steroid dienone is 1. The van der Waals surface area contributed by atoms with E-state index in [0.717, 1.165) is 38.5 Å². The Bertz CT molecular complexity index is 888. The lowest BCUT2D eigenvalue weighted by Crippen LogP contribution is -2.70. The van der Waals surface area contributed by atoms with Crippen molar-refractivity contribution >= 4 is 0 Å². The minimum Gasteiger partial charge on any atom is -0.396 e. The maximum Gasteiger partial charge on any atom is 0.0902 e. The summed E-state index contributed by atoms with van der Waals surface area (Å²) in [7, 11) is 0. The van der Waals surface area contributed by atoms with Crippen molar-refractivity contribution in [3.63, 3.8) is 0 Å². The van der Waals surface area contributed by atoms with Crippen LogP contribution in [0.25, 0.3) is 0 Å². The molecule has 0 saturated heterocycles. The molecule has 0 aromatic carbocycles. The molecule has 5 aliphatic rings. The second kappa shape index (κ2) is 7.79. The first-order valence-electron chi connectivity index (χ1n) is 14.2. The predicted molar refractivity (Wildman–Crippen MR) is 136 cm³/mol. The van der Waals surface area contributed by atoms with E-state index in [2.05, 4.69) is 47.6 Å². The fraction of sp³-hybridized carbons (Fsp3) is 0.933. The van der Waals surface area contributed by atoms with Crippen LogP contribution in [0, 0.1) is 50.7 Å². The molecule has 0 unspecified atom stereocenters. The zero-order chi connectivity index (χ0) is 25.8. The summed E-state index contributed by atoms with van der Waals surface area (Å²) in [4.78, 5) is 0. The molecule has 5 N–H and O–H groups in total. The van der Waals surface area contributed by atoms with Gasteiger partial charge in [-0.05, 0) is 97.7 Å². The predicted octanol–water partition coefficient (Wildman–Crippen LogP) is 4.06. The second-order valence-corrected chi connectivity index (χ2v) is 14.8. The Labute approximate surface area is 212 Å². The summed E-state index contributed by atoms with van der Waals surface area (Å²) in [5, 5.41) is 54.8. The van der Waals surface area contributed by atoms with Crippen molar-refractivity contribution in [3.8, 4) is 0 Å². The monoisotopic (exact) mass is 490 g/mol. The maximum atomic E-state index is 11.9. The summed E-state index contributed by atoms with van der Waals surface area (Å²) < 4.78 is 0. The molecular weight excluding hydrogens is 440 g/mol. The zero-order valence-corrected chi connectivity index (χ0v) is 22.8. The van der Waals surface area contributed by atoms with Gasteiger partial charge in [0, 0.05) is 11.3 Å². The van der Waals surface area contributed by atoms with Gasteiger partial charge >= 0.3 is 0 Å². The van der Waals surface area contributed by atoms with Crippen molar-refractivity contribution in [2.24, 2.45) is 50.7 Å².